The SMILES string of the molecule is CCCCN(C)CCN1C(=O)C2C(C(=O)Nc3cc(C)cc(C)c3)C3C=CC2(O3)C1C(=O)NC1CCCC(C)C1C. The highest BCUT2D eigenvalue weighted by Gasteiger charge is 2.72. The largest absolute Gasteiger partial charge is 0.359 e. The lowest BCUT2D eigenvalue weighted by Gasteiger charge is -2.38. The Morgan fingerprint density at radius 1 is 1.10 bits per heavy atom. The van der Waals surface area contributed by atoms with Crippen molar-refractivity contribution < 1.29 is 19.1 Å². The van der Waals surface area contributed by atoms with Gasteiger partial charge in [0.15, 0.2) is 0 Å². The number of carbonyl (C=O) groups is 3. The summed E-state index contributed by atoms with van der Waals surface area (Å²) in [7, 11) is 2.05. The summed E-state index contributed by atoms with van der Waals surface area (Å²) in [5, 5.41) is 6.40. The fourth-order valence-electron chi connectivity index (χ4n) is 7.65. The van der Waals surface area contributed by atoms with Crippen molar-refractivity contribution in [1.82, 2.24) is 15.1 Å². The number of aryl methyl sites for hydroxylation is 2. The Labute approximate surface area is 245 Å². The van der Waals surface area contributed by atoms with E-state index in [1.165, 1.54) is 6.42 Å². The van der Waals surface area contributed by atoms with E-state index in [4.69, 9.17) is 4.74 Å². The molecule has 8 unspecified atom stereocenters. The number of fused-ring (bicyclic) bond motifs is 1. The van der Waals surface area contributed by atoms with Crippen molar-refractivity contribution in [3.05, 3.63) is 41.5 Å². The second-order valence-electron chi connectivity index (χ2n) is 13.1. The normalized spacial score (nSPS) is 33.9. The molecule has 3 aliphatic heterocycles. The van der Waals surface area contributed by atoms with Gasteiger partial charge < -0.3 is 25.2 Å². The van der Waals surface area contributed by atoms with Gasteiger partial charge in [-0.1, -0.05) is 58.3 Å². The zero-order chi connectivity index (χ0) is 29.5. The highest BCUT2D eigenvalue weighted by atomic mass is 16.5. The molecule has 2 N–H and O–H groups in total. The van der Waals surface area contributed by atoms with Crippen molar-refractivity contribution in [2.24, 2.45) is 23.7 Å². The number of nitrogens with zero attached hydrogens (tertiary/aromatic N) is 2. The van der Waals surface area contributed by atoms with Crippen LogP contribution in [0.25, 0.3) is 0 Å². The van der Waals surface area contributed by atoms with Crippen LogP contribution in [0, 0.1) is 37.5 Å². The predicted octanol–water partition coefficient (Wildman–Crippen LogP) is 4.07. The lowest BCUT2D eigenvalue weighted by molar-refractivity contribution is -0.141. The average molecular weight is 565 g/mol. The van der Waals surface area contributed by atoms with Crippen LogP contribution in [-0.2, 0) is 19.1 Å². The van der Waals surface area contributed by atoms with Crippen molar-refractivity contribution in [3.63, 3.8) is 0 Å². The number of rotatable bonds is 10. The van der Waals surface area contributed by atoms with Gasteiger partial charge in [-0.05, 0) is 75.4 Å². The summed E-state index contributed by atoms with van der Waals surface area (Å²) in [6.07, 6.45) is 8.62. The van der Waals surface area contributed by atoms with E-state index in [9.17, 15) is 14.4 Å². The third kappa shape index (κ3) is 5.57. The second-order valence-corrected chi connectivity index (χ2v) is 13.1. The Kier molecular flexibility index (Phi) is 8.63. The Balaban J connectivity index is 1.42. The fraction of sp³-hybridized carbons (Fsp3) is 0.667. The highest BCUT2D eigenvalue weighted by molar-refractivity contribution is 6.02. The predicted molar refractivity (Wildman–Crippen MR) is 160 cm³/mol. The van der Waals surface area contributed by atoms with Gasteiger partial charge in [-0.15, -0.1) is 0 Å². The van der Waals surface area contributed by atoms with Crippen LogP contribution >= 0.6 is 0 Å². The maximum atomic E-state index is 14.2. The molecule has 1 aromatic carbocycles. The number of likely N-dealkylation sites (N-methyl/N-ethyl adjacent to an activating group) is 1. The number of hydrogen-bond acceptors (Lipinski definition) is 5. The molecule has 3 heterocycles. The molecule has 8 atom stereocenters. The van der Waals surface area contributed by atoms with Crippen molar-refractivity contribution in [2.45, 2.75) is 90.5 Å². The Hall–Kier alpha value is -2.71. The molecule has 224 valence electrons. The number of amides is 3. The maximum absolute atomic E-state index is 14.2. The van der Waals surface area contributed by atoms with Crippen LogP contribution in [0.15, 0.2) is 30.4 Å². The van der Waals surface area contributed by atoms with Crippen LogP contribution in [0.5, 0.6) is 0 Å². The lowest BCUT2D eigenvalue weighted by Crippen LogP contribution is -2.58. The van der Waals surface area contributed by atoms with E-state index in [1.54, 1.807) is 4.90 Å². The van der Waals surface area contributed by atoms with Crippen LogP contribution < -0.4 is 10.6 Å². The van der Waals surface area contributed by atoms with E-state index >= 15 is 0 Å². The molecule has 8 nitrogen and oxygen atoms in total. The van der Waals surface area contributed by atoms with Gasteiger partial charge in [0, 0.05) is 24.8 Å². The first-order valence-electron chi connectivity index (χ1n) is 15.6. The molecule has 8 heteroatoms. The third-order valence-electron chi connectivity index (χ3n) is 10.1. The summed E-state index contributed by atoms with van der Waals surface area (Å²) in [4.78, 5) is 46.1. The van der Waals surface area contributed by atoms with Gasteiger partial charge in [0.1, 0.15) is 11.6 Å². The Morgan fingerprint density at radius 3 is 2.54 bits per heavy atom. The molecule has 3 amide bonds. The monoisotopic (exact) mass is 564 g/mol. The Bertz CT molecular complexity index is 1180. The minimum absolute atomic E-state index is 0.0668. The molecule has 1 saturated carbocycles. The minimum atomic E-state index is -1.14. The van der Waals surface area contributed by atoms with Crippen LogP contribution in [0.3, 0.4) is 0 Å². The summed E-state index contributed by atoms with van der Waals surface area (Å²) in [5.41, 5.74) is 1.68. The molecule has 2 saturated heterocycles. The summed E-state index contributed by atoms with van der Waals surface area (Å²) in [5.74, 6) is -1.09. The number of unbranched alkanes of at least 4 members (excludes halogenated alkanes) is 1. The average Bonchev–Trinajstić information content (AvgIpc) is 3.55. The summed E-state index contributed by atoms with van der Waals surface area (Å²) < 4.78 is 6.54. The van der Waals surface area contributed by atoms with Crippen LogP contribution in [0.2, 0.25) is 0 Å². The van der Waals surface area contributed by atoms with E-state index in [1.807, 2.05) is 38.1 Å². The van der Waals surface area contributed by atoms with E-state index in [0.717, 1.165) is 43.4 Å². The van der Waals surface area contributed by atoms with Gasteiger partial charge in [0.25, 0.3) is 0 Å². The number of hydrogen-bond donors (Lipinski definition) is 2. The highest BCUT2D eigenvalue weighted by Crippen LogP contribution is 2.55. The van der Waals surface area contributed by atoms with E-state index in [0.29, 0.717) is 30.6 Å². The van der Waals surface area contributed by atoms with Gasteiger partial charge in [-0.2, -0.15) is 0 Å². The molecule has 0 radical (unpaired) electrons. The second kappa shape index (κ2) is 11.9. The number of likely N-dealkylation sites (tertiary alicyclic amines) is 1. The number of ether oxygens (including phenoxy) is 1. The molecule has 0 aromatic heterocycles. The number of nitrogens with one attached hydrogen (secondary N) is 2. The first kappa shape index (κ1) is 29.8. The first-order chi connectivity index (χ1) is 19.6. The van der Waals surface area contributed by atoms with Gasteiger partial charge in [0.2, 0.25) is 17.7 Å². The van der Waals surface area contributed by atoms with E-state index in [2.05, 4.69) is 49.4 Å². The van der Waals surface area contributed by atoms with Crippen molar-refractivity contribution in [2.75, 3.05) is 32.0 Å². The zero-order valence-corrected chi connectivity index (χ0v) is 25.6. The molecule has 1 spiro atoms. The molecule has 3 fully saturated rings. The van der Waals surface area contributed by atoms with Crippen molar-refractivity contribution in [3.8, 4) is 0 Å². The van der Waals surface area contributed by atoms with Crippen molar-refractivity contribution >= 4 is 23.4 Å². The van der Waals surface area contributed by atoms with Gasteiger partial charge in [0.05, 0.1) is 17.9 Å². The van der Waals surface area contributed by atoms with Crippen LogP contribution in [0.4, 0.5) is 5.69 Å². The standard InChI is InChI=1S/C33H48N4O4/c1-7-8-14-36(6)15-16-37-29(31(39)35-25-11-9-10-22(4)23(25)5)33-13-12-26(41-33)27(28(33)32(37)40)30(38)34-24-18-20(2)17-21(3)19-24/h12-13,17-19,22-23,25-29H,7-11,14-16H2,1-6H3,(H,34,38)(H,35,39). The number of anilines is 1. The van der Waals surface area contributed by atoms with Gasteiger partial charge >= 0.3 is 0 Å². The van der Waals surface area contributed by atoms with E-state index < -0.39 is 29.6 Å². The maximum Gasteiger partial charge on any atom is 0.246 e. The molecule has 41 heavy (non-hydrogen) atoms. The molecular formula is C33H48N4O4. The lowest BCUT2D eigenvalue weighted by atomic mass is 9.73. The quantitative estimate of drug-likeness (QED) is 0.418. The third-order valence-corrected chi connectivity index (χ3v) is 10.1. The minimum Gasteiger partial charge on any atom is -0.359 e. The van der Waals surface area contributed by atoms with E-state index in [-0.39, 0.29) is 23.8 Å². The molecule has 1 aromatic rings. The fourth-order valence-corrected chi connectivity index (χ4v) is 7.65. The summed E-state index contributed by atoms with van der Waals surface area (Å²) in [6, 6.07) is 5.19. The summed E-state index contributed by atoms with van der Waals surface area (Å²) in [6.45, 7) is 12.6. The molecular weight excluding hydrogens is 516 g/mol. The topological polar surface area (TPSA) is 91.0 Å². The first-order valence-corrected chi connectivity index (χ1v) is 15.6. The van der Waals surface area contributed by atoms with Crippen molar-refractivity contribution in [1.29, 1.82) is 0 Å². The number of benzene rings is 1. The number of carbonyl (C=O) groups excluding carboxylic acids is 3. The summed E-state index contributed by atoms with van der Waals surface area (Å²) >= 11 is 0. The van der Waals surface area contributed by atoms with Gasteiger partial charge in [-0.3, -0.25) is 14.4 Å². The van der Waals surface area contributed by atoms with Crippen LogP contribution in [0.1, 0.15) is 64.0 Å². The Morgan fingerprint density at radius 2 is 1.83 bits per heavy atom. The molecule has 1 aliphatic carbocycles. The molecule has 2 bridgehead atoms. The van der Waals surface area contributed by atoms with Crippen LogP contribution in [-0.4, -0.2) is 78.0 Å². The van der Waals surface area contributed by atoms with Gasteiger partial charge in [-0.25, -0.2) is 0 Å². The zero-order valence-electron chi connectivity index (χ0n) is 25.6. The molecule has 5 rings (SSSR count). The smallest absolute Gasteiger partial charge is 0.246 e. The molecule has 4 aliphatic rings.